The van der Waals surface area contributed by atoms with E-state index in [4.69, 9.17) is 0 Å². The van der Waals surface area contributed by atoms with E-state index in [0.717, 1.165) is 35.1 Å². The molecule has 0 bridgehead atoms. The third kappa shape index (κ3) is 2.00. The van der Waals surface area contributed by atoms with Gasteiger partial charge in [-0.3, -0.25) is 4.79 Å². The van der Waals surface area contributed by atoms with Crippen LogP contribution < -0.4 is 10.9 Å². The molecule has 0 radical (unpaired) electrons. The lowest BCUT2D eigenvalue weighted by atomic mass is 10.1. The fraction of sp³-hybridized carbons (Fsp3) is 0.412. The molecular weight excluding hydrogens is 276 g/mol. The Hall–Kier alpha value is -2.30. The van der Waals surface area contributed by atoms with E-state index in [9.17, 15) is 4.79 Å². The van der Waals surface area contributed by atoms with Crippen LogP contribution in [0, 0.1) is 0 Å². The van der Waals surface area contributed by atoms with Crippen molar-refractivity contribution in [2.45, 2.75) is 38.9 Å². The fourth-order valence-electron chi connectivity index (χ4n) is 3.42. The van der Waals surface area contributed by atoms with Gasteiger partial charge < -0.3 is 10.2 Å². The summed E-state index contributed by atoms with van der Waals surface area (Å²) in [5.74, 6) is 0. The highest BCUT2D eigenvalue weighted by molar-refractivity contribution is 5.91. The van der Waals surface area contributed by atoms with Gasteiger partial charge in [0.15, 0.2) is 0 Å². The minimum absolute atomic E-state index is 0.0156. The summed E-state index contributed by atoms with van der Waals surface area (Å²) in [5.41, 5.74) is 1.90. The Bertz CT molecular complexity index is 808. The second-order valence-electron chi connectivity index (χ2n) is 5.95. The third-order valence-electron chi connectivity index (χ3n) is 4.58. The zero-order chi connectivity index (χ0) is 15.1. The highest BCUT2D eigenvalue weighted by Gasteiger charge is 2.28. The normalized spacial score (nSPS) is 20.7. The van der Waals surface area contributed by atoms with E-state index in [1.807, 2.05) is 31.2 Å². The van der Waals surface area contributed by atoms with Gasteiger partial charge in [-0.2, -0.15) is 5.10 Å². The Morgan fingerprint density at radius 1 is 1.27 bits per heavy atom. The molecular formula is C17H20N4O. The van der Waals surface area contributed by atoms with Gasteiger partial charge in [0.05, 0.1) is 17.2 Å². The van der Waals surface area contributed by atoms with Gasteiger partial charge >= 0.3 is 0 Å². The Morgan fingerprint density at radius 2 is 2.09 bits per heavy atom. The van der Waals surface area contributed by atoms with E-state index < -0.39 is 0 Å². The van der Waals surface area contributed by atoms with Crippen LogP contribution in [0.3, 0.4) is 0 Å². The summed E-state index contributed by atoms with van der Waals surface area (Å²) in [6, 6.07) is 7.75. The smallest absolute Gasteiger partial charge is 0.274 e. The molecule has 1 unspecified atom stereocenters. The van der Waals surface area contributed by atoms with Crippen LogP contribution in [0.4, 0.5) is 0 Å². The van der Waals surface area contributed by atoms with E-state index >= 15 is 0 Å². The number of benzene rings is 1. The average molecular weight is 296 g/mol. The van der Waals surface area contributed by atoms with Gasteiger partial charge in [0.1, 0.15) is 5.69 Å². The standard InChI is InChI=1S/C17H20N4O/c1-2-21-17(22)13-8-4-3-7-12(13)16(19-21)14-11-20-10-6-5-9-15(20)18-14/h3-4,7-8,11,15,18H,2,5-6,9-10H2,1H3. The second-order valence-corrected chi connectivity index (χ2v) is 5.95. The minimum Gasteiger partial charge on any atom is -0.362 e. The summed E-state index contributed by atoms with van der Waals surface area (Å²) < 4.78 is 1.55. The van der Waals surface area contributed by atoms with Crippen LogP contribution in [0.25, 0.3) is 16.5 Å². The van der Waals surface area contributed by atoms with Crippen molar-refractivity contribution in [3.8, 4) is 0 Å². The molecule has 0 saturated carbocycles. The lowest BCUT2D eigenvalue weighted by molar-refractivity contribution is 0.216. The predicted octanol–water partition coefficient (Wildman–Crippen LogP) is 2.13. The first-order valence-corrected chi connectivity index (χ1v) is 8.02. The maximum absolute atomic E-state index is 12.4. The molecule has 4 rings (SSSR count). The minimum atomic E-state index is -0.0156. The van der Waals surface area contributed by atoms with Crippen molar-refractivity contribution < 1.29 is 0 Å². The SMILES string of the molecule is CCn1nc(C2=CN3CCCCC3N2)c2ccccc2c1=O. The van der Waals surface area contributed by atoms with Crippen LogP contribution in [0.1, 0.15) is 31.9 Å². The van der Waals surface area contributed by atoms with Gasteiger partial charge in [0.25, 0.3) is 5.56 Å². The Balaban J connectivity index is 1.88. The van der Waals surface area contributed by atoms with Crippen LogP contribution in [-0.2, 0) is 6.54 Å². The van der Waals surface area contributed by atoms with E-state index in [1.165, 1.54) is 12.8 Å². The highest BCUT2D eigenvalue weighted by atomic mass is 16.1. The molecule has 3 heterocycles. The first-order valence-electron chi connectivity index (χ1n) is 8.02. The molecule has 1 N–H and O–H groups in total. The van der Waals surface area contributed by atoms with Crippen LogP contribution in [-0.4, -0.2) is 27.4 Å². The molecule has 5 nitrogen and oxygen atoms in total. The van der Waals surface area contributed by atoms with E-state index in [1.54, 1.807) is 4.68 Å². The largest absolute Gasteiger partial charge is 0.362 e. The summed E-state index contributed by atoms with van der Waals surface area (Å²) in [4.78, 5) is 14.8. The van der Waals surface area contributed by atoms with Crippen molar-refractivity contribution >= 4 is 16.5 Å². The van der Waals surface area contributed by atoms with Crippen molar-refractivity contribution in [1.29, 1.82) is 0 Å². The van der Waals surface area contributed by atoms with E-state index in [2.05, 4.69) is 21.5 Å². The molecule has 0 amide bonds. The van der Waals surface area contributed by atoms with Gasteiger partial charge in [-0.05, 0) is 32.3 Å². The zero-order valence-corrected chi connectivity index (χ0v) is 12.7. The first kappa shape index (κ1) is 13.4. The van der Waals surface area contributed by atoms with Crippen LogP contribution >= 0.6 is 0 Å². The molecule has 1 saturated heterocycles. The summed E-state index contributed by atoms with van der Waals surface area (Å²) in [6.45, 7) is 3.62. The van der Waals surface area contributed by atoms with Gasteiger partial charge in [-0.15, -0.1) is 0 Å². The summed E-state index contributed by atoms with van der Waals surface area (Å²) in [6.07, 6.45) is 6.21. The molecule has 2 aliphatic rings. The molecule has 1 aromatic heterocycles. The molecule has 0 aliphatic carbocycles. The number of nitrogens with zero attached hydrogens (tertiary/aromatic N) is 3. The maximum Gasteiger partial charge on any atom is 0.274 e. The Labute approximate surface area is 129 Å². The van der Waals surface area contributed by atoms with Gasteiger partial charge in [0.2, 0.25) is 0 Å². The molecule has 0 spiro atoms. The topological polar surface area (TPSA) is 50.2 Å². The van der Waals surface area contributed by atoms with Crippen molar-refractivity contribution in [3.63, 3.8) is 0 Å². The summed E-state index contributed by atoms with van der Waals surface area (Å²) >= 11 is 0. The molecule has 1 atom stereocenters. The Kier molecular flexibility index (Phi) is 3.13. The van der Waals surface area contributed by atoms with Crippen molar-refractivity contribution in [1.82, 2.24) is 20.0 Å². The van der Waals surface area contributed by atoms with Gasteiger partial charge in [-0.25, -0.2) is 4.68 Å². The third-order valence-corrected chi connectivity index (χ3v) is 4.58. The molecule has 1 fully saturated rings. The first-order chi connectivity index (χ1) is 10.8. The number of hydrogen-bond donors (Lipinski definition) is 1. The molecule has 2 aromatic rings. The zero-order valence-electron chi connectivity index (χ0n) is 12.7. The van der Waals surface area contributed by atoms with Crippen LogP contribution in [0.5, 0.6) is 0 Å². The number of rotatable bonds is 2. The number of hydrogen-bond acceptors (Lipinski definition) is 4. The quantitative estimate of drug-likeness (QED) is 0.922. The predicted molar refractivity (Wildman–Crippen MR) is 87.1 cm³/mol. The molecule has 5 heteroatoms. The highest BCUT2D eigenvalue weighted by Crippen LogP contribution is 2.28. The van der Waals surface area contributed by atoms with E-state index in [0.29, 0.717) is 12.7 Å². The lowest BCUT2D eigenvalue weighted by Gasteiger charge is -2.29. The molecule has 114 valence electrons. The number of piperidine rings is 1. The number of aromatic nitrogens is 2. The fourth-order valence-corrected chi connectivity index (χ4v) is 3.42. The number of aryl methyl sites for hydroxylation is 1. The Morgan fingerprint density at radius 3 is 2.86 bits per heavy atom. The van der Waals surface area contributed by atoms with Crippen LogP contribution in [0.15, 0.2) is 35.3 Å². The number of nitrogens with one attached hydrogen (secondary N) is 1. The maximum atomic E-state index is 12.4. The lowest BCUT2D eigenvalue weighted by Crippen LogP contribution is -2.39. The van der Waals surface area contributed by atoms with Crippen molar-refractivity contribution in [2.24, 2.45) is 0 Å². The summed E-state index contributed by atoms with van der Waals surface area (Å²) in [5, 5.41) is 9.85. The molecule has 22 heavy (non-hydrogen) atoms. The average Bonchev–Trinajstić information content (AvgIpc) is 2.99. The number of fused-ring (bicyclic) bond motifs is 2. The monoisotopic (exact) mass is 296 g/mol. The van der Waals surface area contributed by atoms with Gasteiger partial charge in [0, 0.05) is 24.7 Å². The van der Waals surface area contributed by atoms with Gasteiger partial charge in [-0.1, -0.05) is 18.2 Å². The van der Waals surface area contributed by atoms with Crippen molar-refractivity contribution in [3.05, 3.63) is 46.5 Å². The molecule has 2 aliphatic heterocycles. The van der Waals surface area contributed by atoms with E-state index in [-0.39, 0.29) is 5.56 Å². The second kappa shape index (κ2) is 5.16. The summed E-state index contributed by atoms with van der Waals surface area (Å²) in [7, 11) is 0. The van der Waals surface area contributed by atoms with Crippen molar-refractivity contribution in [2.75, 3.05) is 6.54 Å². The molecule has 1 aromatic carbocycles. The van der Waals surface area contributed by atoms with Crippen LogP contribution in [0.2, 0.25) is 0 Å².